The molecule has 0 aromatic carbocycles. The monoisotopic (exact) mass is 440 g/mol. The molecule has 182 valence electrons. The number of rotatable bonds is 15. The SMILES string of the molecule is CC(C)NCCOCCOCCN1CCN(CC2CCN(CC(=O)C(C)C)CC2)CC1. The predicted molar refractivity (Wildman–Crippen MR) is 127 cm³/mol. The molecular formula is C24H48N4O3. The van der Waals surface area contributed by atoms with Crippen LogP contribution >= 0.6 is 0 Å². The molecule has 0 aromatic heterocycles. The summed E-state index contributed by atoms with van der Waals surface area (Å²) in [6.45, 7) is 21.8. The molecule has 2 rings (SSSR count). The summed E-state index contributed by atoms with van der Waals surface area (Å²) in [5.41, 5.74) is 0. The van der Waals surface area contributed by atoms with Crippen molar-refractivity contribution in [3.8, 4) is 0 Å². The van der Waals surface area contributed by atoms with E-state index < -0.39 is 0 Å². The minimum absolute atomic E-state index is 0.157. The van der Waals surface area contributed by atoms with Crippen molar-refractivity contribution in [2.24, 2.45) is 11.8 Å². The first-order chi connectivity index (χ1) is 14.9. The van der Waals surface area contributed by atoms with E-state index in [4.69, 9.17) is 9.47 Å². The average molecular weight is 441 g/mol. The van der Waals surface area contributed by atoms with Crippen LogP contribution in [0.25, 0.3) is 0 Å². The Hall–Kier alpha value is -0.570. The molecule has 0 unspecified atom stereocenters. The summed E-state index contributed by atoms with van der Waals surface area (Å²) < 4.78 is 11.3. The molecule has 2 aliphatic rings. The smallest absolute Gasteiger partial charge is 0.149 e. The molecule has 2 heterocycles. The van der Waals surface area contributed by atoms with Crippen molar-refractivity contribution in [2.45, 2.75) is 46.6 Å². The van der Waals surface area contributed by atoms with Crippen LogP contribution in [0.2, 0.25) is 0 Å². The third-order valence-electron chi connectivity index (χ3n) is 6.43. The van der Waals surface area contributed by atoms with E-state index in [2.05, 4.69) is 33.9 Å². The van der Waals surface area contributed by atoms with E-state index >= 15 is 0 Å². The van der Waals surface area contributed by atoms with Gasteiger partial charge in [0.25, 0.3) is 0 Å². The Bertz CT molecular complexity index is 473. The largest absolute Gasteiger partial charge is 0.378 e. The molecule has 2 aliphatic heterocycles. The number of ether oxygens (including phenoxy) is 2. The maximum Gasteiger partial charge on any atom is 0.149 e. The second-order valence-electron chi connectivity index (χ2n) is 9.82. The van der Waals surface area contributed by atoms with Crippen LogP contribution in [0.5, 0.6) is 0 Å². The quantitative estimate of drug-likeness (QED) is 0.388. The molecule has 2 saturated heterocycles. The van der Waals surface area contributed by atoms with Gasteiger partial charge in [-0.05, 0) is 31.8 Å². The summed E-state index contributed by atoms with van der Waals surface area (Å²) in [5.74, 6) is 1.32. The molecule has 0 atom stereocenters. The summed E-state index contributed by atoms with van der Waals surface area (Å²) >= 11 is 0. The molecule has 0 amide bonds. The summed E-state index contributed by atoms with van der Waals surface area (Å²) in [4.78, 5) is 19.5. The number of nitrogens with one attached hydrogen (secondary N) is 1. The number of hydrogen-bond acceptors (Lipinski definition) is 7. The van der Waals surface area contributed by atoms with Crippen molar-refractivity contribution in [3.05, 3.63) is 0 Å². The molecule has 0 aromatic rings. The second kappa shape index (κ2) is 15.3. The highest BCUT2D eigenvalue weighted by molar-refractivity contribution is 5.82. The Kier molecular flexibility index (Phi) is 13.2. The lowest BCUT2D eigenvalue weighted by atomic mass is 9.95. The van der Waals surface area contributed by atoms with Gasteiger partial charge in [-0.2, -0.15) is 0 Å². The lowest BCUT2D eigenvalue weighted by Crippen LogP contribution is -2.49. The van der Waals surface area contributed by atoms with Gasteiger partial charge in [0.1, 0.15) is 5.78 Å². The minimum atomic E-state index is 0.157. The number of piperazine rings is 1. The van der Waals surface area contributed by atoms with Crippen molar-refractivity contribution >= 4 is 5.78 Å². The summed E-state index contributed by atoms with van der Waals surface area (Å²) in [5, 5.41) is 3.34. The number of likely N-dealkylation sites (tertiary alicyclic amines) is 1. The Morgan fingerprint density at radius 2 is 1.45 bits per heavy atom. The highest BCUT2D eigenvalue weighted by atomic mass is 16.5. The number of ketones is 1. The maximum absolute atomic E-state index is 12.0. The summed E-state index contributed by atoms with van der Waals surface area (Å²) in [6.07, 6.45) is 2.46. The second-order valence-corrected chi connectivity index (χ2v) is 9.82. The first-order valence-electron chi connectivity index (χ1n) is 12.5. The van der Waals surface area contributed by atoms with E-state index in [9.17, 15) is 4.79 Å². The van der Waals surface area contributed by atoms with Crippen LogP contribution in [0.15, 0.2) is 0 Å². The highest BCUT2D eigenvalue weighted by Crippen LogP contribution is 2.19. The predicted octanol–water partition coefficient (Wildman–Crippen LogP) is 1.57. The van der Waals surface area contributed by atoms with Gasteiger partial charge in [-0.25, -0.2) is 0 Å². The molecular weight excluding hydrogens is 392 g/mol. The molecule has 7 heteroatoms. The molecule has 1 N–H and O–H groups in total. The van der Waals surface area contributed by atoms with Gasteiger partial charge in [0.15, 0.2) is 0 Å². The number of carbonyl (C=O) groups excluding carboxylic acids is 1. The number of Topliss-reactive ketones (excluding diaryl/α,β-unsaturated/α-hetero) is 1. The van der Waals surface area contributed by atoms with Gasteiger partial charge in [0.05, 0.1) is 33.0 Å². The Morgan fingerprint density at radius 3 is 2.06 bits per heavy atom. The van der Waals surface area contributed by atoms with Crippen molar-refractivity contribution in [2.75, 3.05) is 91.9 Å². The van der Waals surface area contributed by atoms with Crippen LogP contribution in [-0.4, -0.2) is 118 Å². The normalized spacial score (nSPS) is 20.2. The topological polar surface area (TPSA) is 57.3 Å². The van der Waals surface area contributed by atoms with E-state index in [1.807, 2.05) is 13.8 Å². The van der Waals surface area contributed by atoms with Crippen molar-refractivity contribution in [1.82, 2.24) is 20.0 Å². The van der Waals surface area contributed by atoms with E-state index in [0.29, 0.717) is 31.6 Å². The zero-order valence-electron chi connectivity index (χ0n) is 20.6. The first-order valence-corrected chi connectivity index (χ1v) is 12.5. The average Bonchev–Trinajstić information content (AvgIpc) is 2.74. The summed E-state index contributed by atoms with van der Waals surface area (Å²) in [7, 11) is 0. The lowest BCUT2D eigenvalue weighted by molar-refractivity contribution is -0.123. The van der Waals surface area contributed by atoms with Gasteiger partial charge in [-0.3, -0.25) is 14.6 Å². The van der Waals surface area contributed by atoms with Crippen LogP contribution in [0.4, 0.5) is 0 Å². The van der Waals surface area contributed by atoms with Gasteiger partial charge >= 0.3 is 0 Å². The fraction of sp³-hybridized carbons (Fsp3) is 0.958. The summed E-state index contributed by atoms with van der Waals surface area (Å²) in [6, 6.07) is 0.514. The molecule has 0 aliphatic carbocycles. The molecule has 7 nitrogen and oxygen atoms in total. The Morgan fingerprint density at radius 1 is 0.839 bits per heavy atom. The van der Waals surface area contributed by atoms with Gasteiger partial charge < -0.3 is 19.7 Å². The van der Waals surface area contributed by atoms with Crippen molar-refractivity contribution in [3.63, 3.8) is 0 Å². The standard InChI is InChI=1S/C24H48N4O3/c1-21(2)24(29)20-27-8-5-23(6-9-27)19-28-12-10-26(11-13-28)14-16-31-18-17-30-15-7-25-22(3)4/h21-23,25H,5-20H2,1-4H3. The van der Waals surface area contributed by atoms with E-state index in [0.717, 1.165) is 71.5 Å². The zero-order chi connectivity index (χ0) is 22.5. The van der Waals surface area contributed by atoms with E-state index in [1.54, 1.807) is 0 Å². The third-order valence-corrected chi connectivity index (χ3v) is 6.43. The Balaban J connectivity index is 1.44. The lowest BCUT2D eigenvalue weighted by Gasteiger charge is -2.38. The molecule has 0 bridgehead atoms. The third kappa shape index (κ3) is 11.7. The maximum atomic E-state index is 12.0. The van der Waals surface area contributed by atoms with Gasteiger partial charge in [0, 0.05) is 57.8 Å². The zero-order valence-corrected chi connectivity index (χ0v) is 20.6. The number of carbonyl (C=O) groups is 1. The molecule has 0 spiro atoms. The highest BCUT2D eigenvalue weighted by Gasteiger charge is 2.25. The molecule has 0 radical (unpaired) electrons. The molecule has 0 saturated carbocycles. The fourth-order valence-electron chi connectivity index (χ4n) is 4.23. The van der Waals surface area contributed by atoms with Gasteiger partial charge in [0.2, 0.25) is 0 Å². The van der Waals surface area contributed by atoms with Crippen LogP contribution < -0.4 is 5.32 Å². The van der Waals surface area contributed by atoms with Crippen molar-refractivity contribution < 1.29 is 14.3 Å². The van der Waals surface area contributed by atoms with E-state index in [-0.39, 0.29) is 5.92 Å². The van der Waals surface area contributed by atoms with Crippen LogP contribution in [0.1, 0.15) is 40.5 Å². The van der Waals surface area contributed by atoms with Crippen LogP contribution in [0, 0.1) is 11.8 Å². The molecule has 2 fully saturated rings. The van der Waals surface area contributed by atoms with Gasteiger partial charge in [-0.1, -0.05) is 27.7 Å². The fourth-order valence-corrected chi connectivity index (χ4v) is 4.23. The molecule has 31 heavy (non-hydrogen) atoms. The number of nitrogens with zero attached hydrogens (tertiary/aromatic N) is 3. The van der Waals surface area contributed by atoms with Crippen LogP contribution in [0.3, 0.4) is 0 Å². The number of piperidine rings is 1. The number of hydrogen-bond donors (Lipinski definition) is 1. The Labute approximate surface area is 190 Å². The van der Waals surface area contributed by atoms with Gasteiger partial charge in [-0.15, -0.1) is 0 Å². The van der Waals surface area contributed by atoms with E-state index in [1.165, 1.54) is 19.4 Å². The van der Waals surface area contributed by atoms with Crippen molar-refractivity contribution in [1.29, 1.82) is 0 Å². The first kappa shape index (κ1) is 26.7. The minimum Gasteiger partial charge on any atom is -0.378 e. The van der Waals surface area contributed by atoms with Crippen LogP contribution in [-0.2, 0) is 14.3 Å².